The summed E-state index contributed by atoms with van der Waals surface area (Å²) >= 11 is 0. The third-order valence-electron chi connectivity index (χ3n) is 3.67. The summed E-state index contributed by atoms with van der Waals surface area (Å²) in [4.78, 5) is 10.2. The van der Waals surface area contributed by atoms with Crippen LogP contribution in [0.15, 0.2) is 43.0 Å². The van der Waals surface area contributed by atoms with Gasteiger partial charge in [-0.25, -0.2) is 0 Å². The lowest BCUT2D eigenvalue weighted by Gasteiger charge is -2.13. The minimum atomic E-state index is -4.93. The van der Waals surface area contributed by atoms with Gasteiger partial charge in [-0.05, 0) is 36.4 Å². The highest BCUT2D eigenvalue weighted by Gasteiger charge is 2.38. The second-order valence-corrected chi connectivity index (χ2v) is 6.91. The van der Waals surface area contributed by atoms with Gasteiger partial charge in [-0.15, -0.1) is 0 Å². The summed E-state index contributed by atoms with van der Waals surface area (Å²) in [5.74, 6) is -0.860. The van der Waals surface area contributed by atoms with E-state index in [4.69, 9.17) is 5.11 Å². The monoisotopic (exact) mass is 602 g/mol. The highest BCUT2D eigenvalue weighted by Crippen LogP contribution is 2.38. The summed E-state index contributed by atoms with van der Waals surface area (Å²) in [6.45, 7) is 15.1. The van der Waals surface area contributed by atoms with Gasteiger partial charge in [0.2, 0.25) is 0 Å². The normalized spacial score (nSPS) is 11.2. The molecule has 0 atom stereocenters. The van der Waals surface area contributed by atoms with Gasteiger partial charge in [0.15, 0.2) is 0 Å². The quantitative estimate of drug-likeness (QED) is 0.211. The molecule has 40 heavy (non-hydrogen) atoms. The van der Waals surface area contributed by atoms with Crippen LogP contribution in [-0.4, -0.2) is 11.4 Å². The molecule has 0 aromatic heterocycles. The number of aliphatic hydroxyl groups is 1. The van der Waals surface area contributed by atoms with E-state index in [0.29, 0.717) is 24.3 Å². The molecule has 0 aliphatic rings. The zero-order valence-electron chi connectivity index (χ0n) is 22.3. The topological polar surface area (TPSA) is 37.3 Å². The van der Waals surface area contributed by atoms with Gasteiger partial charge >= 0.3 is 24.7 Å². The minimum absolute atomic E-state index is 0.0214. The van der Waals surface area contributed by atoms with E-state index in [2.05, 4.69) is 20.4 Å². The number of benzene rings is 2. The third-order valence-corrected chi connectivity index (χ3v) is 3.67. The number of carbonyl (C=O) groups is 1. The van der Waals surface area contributed by atoms with E-state index < -0.39 is 63.8 Å². The zero-order valence-corrected chi connectivity index (χ0v) is 22.3. The summed E-state index contributed by atoms with van der Waals surface area (Å²) in [5, 5.41) is 8.87. The molecule has 2 rings (SSSR count). The van der Waals surface area contributed by atoms with Crippen LogP contribution >= 0.6 is 0 Å². The van der Waals surface area contributed by atoms with Gasteiger partial charge in [0.1, 0.15) is 12.0 Å². The zero-order chi connectivity index (χ0) is 32.7. The molecular formula is C26H30F12O2. The Balaban J connectivity index is -0.000000560. The molecule has 0 fully saturated rings. The lowest BCUT2D eigenvalue weighted by molar-refractivity contribution is -0.144. The maximum absolute atomic E-state index is 12.3. The Morgan fingerprint density at radius 2 is 0.850 bits per heavy atom. The van der Waals surface area contributed by atoms with Gasteiger partial charge < -0.3 is 5.11 Å². The maximum Gasteiger partial charge on any atom is 0.416 e. The molecule has 2 aromatic carbocycles. The standard InChI is InChI=1S/C10H6F6O.C9H4F6O.C3H8.2C2H6/c1-5(17)6-2-7(9(11,12)13)4-8(3-6)10(14,15)16;10-8(11,12)6-1-5(4-16)2-7(3-6)9(13,14)15;1-3-2;2*1-2/h2-4,17H,1H2;1-4H;3H2,1-2H3;2*1-2H3. The van der Waals surface area contributed by atoms with Crippen molar-refractivity contribution in [3.63, 3.8) is 0 Å². The van der Waals surface area contributed by atoms with Crippen LogP contribution in [0.5, 0.6) is 0 Å². The predicted molar refractivity (Wildman–Crippen MR) is 129 cm³/mol. The molecular weight excluding hydrogens is 572 g/mol. The smallest absolute Gasteiger partial charge is 0.416 e. The van der Waals surface area contributed by atoms with Gasteiger partial charge in [-0.3, -0.25) is 4.79 Å². The van der Waals surface area contributed by atoms with Crippen LogP contribution in [0.2, 0.25) is 0 Å². The first-order chi connectivity index (χ1) is 18.1. The second-order valence-electron chi connectivity index (χ2n) is 6.91. The average molecular weight is 603 g/mol. The minimum Gasteiger partial charge on any atom is -0.508 e. The van der Waals surface area contributed by atoms with Crippen LogP contribution in [0.25, 0.3) is 5.76 Å². The number of rotatable bonds is 2. The Morgan fingerprint density at radius 1 is 0.625 bits per heavy atom. The Labute approximate surface area is 224 Å². The lowest BCUT2D eigenvalue weighted by atomic mass is 10.0. The van der Waals surface area contributed by atoms with Gasteiger partial charge in [0.05, 0.1) is 22.3 Å². The highest BCUT2D eigenvalue weighted by molar-refractivity contribution is 5.75. The van der Waals surface area contributed by atoms with Crippen molar-refractivity contribution in [3.05, 3.63) is 76.4 Å². The van der Waals surface area contributed by atoms with E-state index >= 15 is 0 Å². The van der Waals surface area contributed by atoms with Gasteiger partial charge in [-0.1, -0.05) is 54.5 Å². The summed E-state index contributed by atoms with van der Waals surface area (Å²) in [5.41, 5.74) is -7.25. The van der Waals surface area contributed by atoms with Crippen LogP contribution in [-0.2, 0) is 24.7 Å². The molecule has 0 radical (unpaired) electrons. The average Bonchev–Trinajstić information content (AvgIpc) is 2.84. The summed E-state index contributed by atoms with van der Waals surface area (Å²) in [7, 11) is 0. The lowest BCUT2D eigenvalue weighted by Crippen LogP contribution is -2.11. The number of alkyl halides is 12. The van der Waals surface area contributed by atoms with Crippen molar-refractivity contribution < 1.29 is 62.6 Å². The molecule has 0 unspecified atom stereocenters. The largest absolute Gasteiger partial charge is 0.508 e. The van der Waals surface area contributed by atoms with E-state index in [-0.39, 0.29) is 18.4 Å². The van der Waals surface area contributed by atoms with E-state index in [9.17, 15) is 57.5 Å². The third kappa shape index (κ3) is 15.4. The molecule has 0 heterocycles. The number of hydrogen-bond acceptors (Lipinski definition) is 2. The van der Waals surface area contributed by atoms with E-state index in [1.807, 2.05) is 27.7 Å². The molecule has 1 N–H and O–H groups in total. The van der Waals surface area contributed by atoms with E-state index in [0.717, 1.165) is 0 Å². The maximum atomic E-state index is 12.3. The van der Waals surface area contributed by atoms with Crippen LogP contribution < -0.4 is 0 Å². The fraction of sp³-hybridized carbons (Fsp3) is 0.423. The molecule has 230 valence electrons. The van der Waals surface area contributed by atoms with Gasteiger partial charge in [-0.2, -0.15) is 52.7 Å². The van der Waals surface area contributed by atoms with Gasteiger partial charge in [0.25, 0.3) is 0 Å². The highest BCUT2D eigenvalue weighted by atomic mass is 19.4. The molecule has 2 nitrogen and oxygen atoms in total. The summed E-state index contributed by atoms with van der Waals surface area (Å²) < 4.78 is 147. The first-order valence-corrected chi connectivity index (χ1v) is 11.5. The van der Waals surface area contributed by atoms with Gasteiger partial charge in [0, 0.05) is 11.1 Å². The summed E-state index contributed by atoms with van der Waals surface area (Å²) in [6, 6.07) is 1.47. The van der Waals surface area contributed by atoms with E-state index in [1.54, 1.807) is 0 Å². The Hall–Kier alpha value is -3.19. The first-order valence-electron chi connectivity index (χ1n) is 11.5. The van der Waals surface area contributed by atoms with Crippen molar-refractivity contribution in [1.82, 2.24) is 0 Å². The Kier molecular flexibility index (Phi) is 18.1. The van der Waals surface area contributed by atoms with Crippen molar-refractivity contribution in [2.45, 2.75) is 72.7 Å². The number of carbonyl (C=O) groups excluding carboxylic acids is 1. The molecule has 0 aliphatic heterocycles. The number of aldehydes is 1. The molecule has 14 heteroatoms. The molecule has 0 spiro atoms. The van der Waals surface area contributed by atoms with Crippen molar-refractivity contribution in [2.75, 3.05) is 0 Å². The first kappa shape index (κ1) is 41.3. The molecule has 0 saturated carbocycles. The van der Waals surface area contributed by atoms with Crippen molar-refractivity contribution in [1.29, 1.82) is 0 Å². The van der Waals surface area contributed by atoms with E-state index in [1.165, 1.54) is 6.42 Å². The van der Waals surface area contributed by atoms with Crippen LogP contribution in [0.4, 0.5) is 52.7 Å². The molecule has 2 aromatic rings. The summed E-state index contributed by atoms with van der Waals surface area (Å²) in [6.07, 6.45) is -18.5. The number of halogens is 12. The fourth-order valence-corrected chi connectivity index (χ4v) is 2.17. The molecule has 0 saturated heterocycles. The predicted octanol–water partition coefficient (Wildman–Crippen LogP) is 11.3. The Morgan fingerprint density at radius 3 is 1.02 bits per heavy atom. The molecule has 0 bridgehead atoms. The number of aliphatic hydroxyl groups excluding tert-OH is 1. The molecule has 0 amide bonds. The van der Waals surface area contributed by atoms with Crippen molar-refractivity contribution in [2.24, 2.45) is 0 Å². The molecule has 0 aliphatic carbocycles. The number of hydrogen-bond donors (Lipinski definition) is 1. The van der Waals surface area contributed by atoms with Crippen LogP contribution in [0.1, 0.15) is 86.1 Å². The second kappa shape index (κ2) is 17.5. The van der Waals surface area contributed by atoms with Crippen LogP contribution in [0, 0.1) is 0 Å². The van der Waals surface area contributed by atoms with Crippen molar-refractivity contribution >= 4 is 12.0 Å². The Bertz CT molecular complexity index is 967. The SMILES string of the molecule is C=C(O)c1cc(C(F)(F)F)cc(C(F)(F)F)c1.CC.CC.CCC.O=Cc1cc(C(F)(F)F)cc(C(F)(F)F)c1. The fourth-order valence-electron chi connectivity index (χ4n) is 2.17. The van der Waals surface area contributed by atoms with Crippen molar-refractivity contribution in [3.8, 4) is 0 Å². The van der Waals surface area contributed by atoms with Crippen LogP contribution in [0.3, 0.4) is 0 Å².